The molecule has 0 saturated carbocycles. The van der Waals surface area contributed by atoms with Crippen LogP contribution in [-0.2, 0) is 19.7 Å². The minimum Gasteiger partial charge on any atom is -0.445 e. The van der Waals surface area contributed by atoms with Crippen molar-refractivity contribution in [3.05, 3.63) is 0 Å². The van der Waals surface area contributed by atoms with Gasteiger partial charge < -0.3 is 20.5 Å². The van der Waals surface area contributed by atoms with Gasteiger partial charge in [-0.3, -0.25) is 10.5 Å². The molecule has 0 bridgehead atoms. The molecule has 0 aromatic carbocycles. The molecule has 1 saturated heterocycles. The van der Waals surface area contributed by atoms with Crippen LogP contribution in [0.5, 0.6) is 0 Å². The van der Waals surface area contributed by atoms with Crippen LogP contribution in [0.1, 0.15) is 12.8 Å². The van der Waals surface area contributed by atoms with Gasteiger partial charge in [-0.1, -0.05) is 6.42 Å². The Bertz CT molecular complexity index is 581. The number of nitrogens with two attached hydrogens (primary N) is 2. The minimum absolute atomic E-state index is 0.000887. The van der Waals surface area contributed by atoms with Gasteiger partial charge in [0.25, 0.3) is 16.7 Å². The van der Waals surface area contributed by atoms with Crippen LogP contribution < -0.4 is 16.2 Å². The number of rotatable bonds is 10. The minimum atomic E-state index is -4.76. The molecule has 0 radical (unpaired) electrons. The number of hydrogen-bond acceptors (Lipinski definition) is 8. The summed E-state index contributed by atoms with van der Waals surface area (Å²) in [6.45, 7) is -1.69. The highest BCUT2D eigenvalue weighted by atomic mass is 32.2. The third-order valence-corrected chi connectivity index (χ3v) is 5.56. The molecule has 1 heterocycles. The van der Waals surface area contributed by atoms with Crippen LogP contribution >= 0.6 is 0 Å². The van der Waals surface area contributed by atoms with Gasteiger partial charge in [-0.25, -0.2) is 4.72 Å². The maximum absolute atomic E-state index is 12.4. The fourth-order valence-electron chi connectivity index (χ4n) is 2.56. The Hall–Kier alpha value is -0.965. The Labute approximate surface area is 149 Å². The highest BCUT2D eigenvalue weighted by Crippen LogP contribution is 2.32. The number of hydrogen-bond donors (Lipinski definition) is 5. The van der Waals surface area contributed by atoms with E-state index in [0.717, 1.165) is 4.31 Å². The zero-order valence-corrected chi connectivity index (χ0v) is 14.5. The molecule has 1 rings (SSSR count). The van der Waals surface area contributed by atoms with Crippen molar-refractivity contribution in [3.63, 3.8) is 0 Å². The van der Waals surface area contributed by atoms with Crippen molar-refractivity contribution < 1.29 is 41.2 Å². The van der Waals surface area contributed by atoms with E-state index in [2.05, 4.69) is 0 Å². The number of ether oxygens (including phenoxy) is 1. The normalized spacial score (nSPS) is 25.9. The third kappa shape index (κ3) is 6.33. The van der Waals surface area contributed by atoms with Crippen LogP contribution in [0.2, 0.25) is 6.32 Å². The Kier molecular flexibility index (Phi) is 7.82. The average Bonchev–Trinajstić information content (AvgIpc) is 2.82. The predicted octanol–water partition coefficient (Wildman–Crippen LogP) is -2.28. The molecule has 0 aromatic rings. The molecule has 1 fully saturated rings. The topological polar surface area (TPSA) is 168 Å². The second-order valence-electron chi connectivity index (χ2n) is 6.07. The van der Waals surface area contributed by atoms with Gasteiger partial charge in [0.1, 0.15) is 6.04 Å². The van der Waals surface area contributed by atoms with Crippen molar-refractivity contribution >= 4 is 23.8 Å². The van der Waals surface area contributed by atoms with E-state index in [9.17, 15) is 26.4 Å². The Morgan fingerprint density at radius 2 is 2.08 bits per heavy atom. The molecule has 0 unspecified atom stereocenters. The SMILES string of the molecule is N[C@@H](CNS(=O)(=O)N1C[C@H](CCCB(O)O)[C@](N)(OC=O)C1)C(F)(F)F. The molecule has 15 heteroatoms. The molecule has 152 valence electrons. The van der Waals surface area contributed by atoms with Crippen molar-refractivity contribution in [2.45, 2.75) is 37.1 Å². The molecule has 7 N–H and O–H groups in total. The van der Waals surface area contributed by atoms with Gasteiger partial charge in [0.2, 0.25) is 0 Å². The summed E-state index contributed by atoms with van der Waals surface area (Å²) in [4.78, 5) is 10.7. The van der Waals surface area contributed by atoms with Crippen molar-refractivity contribution in [1.29, 1.82) is 0 Å². The molecule has 0 spiro atoms. The Morgan fingerprint density at radius 3 is 2.58 bits per heavy atom. The van der Waals surface area contributed by atoms with Gasteiger partial charge >= 0.3 is 13.3 Å². The first kappa shape index (κ1) is 23.1. The van der Waals surface area contributed by atoms with Crippen molar-refractivity contribution in [3.8, 4) is 0 Å². The zero-order chi connectivity index (χ0) is 20.2. The first-order valence-electron chi connectivity index (χ1n) is 7.65. The summed E-state index contributed by atoms with van der Waals surface area (Å²) in [6, 6.07) is -2.38. The summed E-state index contributed by atoms with van der Waals surface area (Å²) in [5.74, 6) is -0.681. The average molecular weight is 406 g/mol. The van der Waals surface area contributed by atoms with Crippen molar-refractivity contribution in [2.75, 3.05) is 19.6 Å². The molecule has 3 atom stereocenters. The molecule has 0 amide bonds. The fraction of sp³-hybridized carbons (Fsp3) is 0.909. The lowest BCUT2D eigenvalue weighted by Crippen LogP contribution is -2.52. The molecule has 1 aliphatic rings. The summed E-state index contributed by atoms with van der Waals surface area (Å²) < 4.78 is 68.9. The van der Waals surface area contributed by atoms with E-state index in [1.54, 1.807) is 4.72 Å². The smallest absolute Gasteiger partial charge is 0.445 e. The third-order valence-electron chi connectivity index (χ3n) is 4.07. The molecule has 0 aromatic heterocycles. The Balaban J connectivity index is 2.78. The van der Waals surface area contributed by atoms with Gasteiger partial charge in [-0.2, -0.15) is 25.9 Å². The summed E-state index contributed by atoms with van der Waals surface area (Å²) in [5, 5.41) is 17.7. The second-order valence-corrected chi connectivity index (χ2v) is 7.83. The standard InChI is InChI=1S/C11H22BF3N4O6S/c13-11(14,15)9(16)4-18-26(23,24)19-5-8(2-1-3-12(21)22)10(17,6-19)25-7-20/h7-9,18,21-22H,1-6,16-17H2/t8-,9-,10+/m0/s1. The van der Waals surface area contributed by atoms with Gasteiger partial charge in [0.05, 0.1) is 6.54 Å². The zero-order valence-electron chi connectivity index (χ0n) is 13.7. The lowest BCUT2D eigenvalue weighted by atomic mass is 9.81. The second kappa shape index (κ2) is 8.82. The largest absolute Gasteiger partial charge is 0.451 e. The van der Waals surface area contributed by atoms with Crippen molar-refractivity contribution in [1.82, 2.24) is 9.03 Å². The van der Waals surface area contributed by atoms with Gasteiger partial charge in [0.15, 0.2) is 5.72 Å². The molecule has 1 aliphatic heterocycles. The van der Waals surface area contributed by atoms with E-state index in [1.807, 2.05) is 0 Å². The molecular formula is C11H22BF3N4O6S. The molecular weight excluding hydrogens is 384 g/mol. The van der Waals surface area contributed by atoms with Gasteiger partial charge in [-0.05, 0) is 12.7 Å². The Morgan fingerprint density at radius 1 is 1.46 bits per heavy atom. The summed E-state index contributed by atoms with van der Waals surface area (Å²) in [5.41, 5.74) is 9.11. The van der Waals surface area contributed by atoms with Crippen LogP contribution in [0.3, 0.4) is 0 Å². The number of halogens is 3. The quantitative estimate of drug-likeness (QED) is 0.154. The maximum Gasteiger partial charge on any atom is 0.451 e. The van der Waals surface area contributed by atoms with E-state index in [4.69, 9.17) is 26.3 Å². The van der Waals surface area contributed by atoms with E-state index in [1.165, 1.54) is 0 Å². The lowest BCUT2D eigenvalue weighted by Gasteiger charge is -2.28. The highest BCUT2D eigenvalue weighted by molar-refractivity contribution is 7.87. The van der Waals surface area contributed by atoms with Gasteiger partial charge in [-0.15, -0.1) is 0 Å². The van der Waals surface area contributed by atoms with Crippen LogP contribution in [0.15, 0.2) is 0 Å². The van der Waals surface area contributed by atoms with E-state index in [0.29, 0.717) is 0 Å². The summed E-state index contributed by atoms with van der Waals surface area (Å²) >= 11 is 0. The monoisotopic (exact) mass is 406 g/mol. The number of alkyl halides is 3. The van der Waals surface area contributed by atoms with E-state index < -0.39 is 54.3 Å². The van der Waals surface area contributed by atoms with Crippen LogP contribution in [-0.4, -0.2) is 73.9 Å². The van der Waals surface area contributed by atoms with E-state index >= 15 is 0 Å². The number of nitrogens with zero attached hydrogens (tertiary/aromatic N) is 1. The predicted molar refractivity (Wildman–Crippen MR) is 84.3 cm³/mol. The number of nitrogens with one attached hydrogen (secondary N) is 1. The summed E-state index contributed by atoms with van der Waals surface area (Å²) in [7, 11) is -5.91. The summed E-state index contributed by atoms with van der Waals surface area (Å²) in [6.07, 6.45) is -4.31. The van der Waals surface area contributed by atoms with Crippen LogP contribution in [0.25, 0.3) is 0 Å². The molecule has 26 heavy (non-hydrogen) atoms. The maximum atomic E-state index is 12.4. The highest BCUT2D eigenvalue weighted by Gasteiger charge is 2.49. The lowest BCUT2D eigenvalue weighted by molar-refractivity contribution is -0.146. The fourth-order valence-corrected chi connectivity index (χ4v) is 3.88. The number of carbonyl (C=O) groups excluding carboxylic acids is 1. The first-order chi connectivity index (χ1) is 11.8. The first-order valence-corrected chi connectivity index (χ1v) is 9.09. The molecule has 0 aliphatic carbocycles. The van der Waals surface area contributed by atoms with Crippen molar-refractivity contribution in [2.24, 2.45) is 17.4 Å². The molecule has 10 nitrogen and oxygen atoms in total. The van der Waals surface area contributed by atoms with Crippen LogP contribution in [0.4, 0.5) is 13.2 Å². The van der Waals surface area contributed by atoms with Gasteiger partial charge in [0, 0.05) is 19.0 Å². The van der Waals surface area contributed by atoms with Crippen LogP contribution in [0, 0.1) is 5.92 Å². The van der Waals surface area contributed by atoms with E-state index in [-0.39, 0.29) is 32.2 Å². The number of carbonyl (C=O) groups is 1.